The molecule has 0 nitrogen and oxygen atoms in total. The highest BCUT2D eigenvalue weighted by atomic mass is 14.5. The van der Waals surface area contributed by atoms with Gasteiger partial charge in [0.2, 0.25) is 0 Å². The Balaban J connectivity index is 2.36. The van der Waals surface area contributed by atoms with Crippen molar-refractivity contribution in [1.29, 1.82) is 0 Å². The van der Waals surface area contributed by atoms with Gasteiger partial charge in [-0.25, -0.2) is 0 Å². The first kappa shape index (κ1) is 6.90. The van der Waals surface area contributed by atoms with Crippen LogP contribution in [0.1, 0.15) is 12.8 Å². The zero-order chi connectivity index (χ0) is 7.90. The van der Waals surface area contributed by atoms with E-state index in [-0.39, 0.29) is 5.41 Å². The third-order valence-electron chi connectivity index (χ3n) is 3.21. The van der Waals surface area contributed by atoms with Gasteiger partial charge in [0.25, 0.3) is 0 Å². The van der Waals surface area contributed by atoms with E-state index in [1.807, 2.05) is 0 Å². The molecule has 0 spiro atoms. The van der Waals surface area contributed by atoms with Crippen molar-refractivity contribution in [1.82, 2.24) is 0 Å². The average molecular weight is 146 g/mol. The van der Waals surface area contributed by atoms with Gasteiger partial charge < -0.3 is 0 Å². The molecule has 0 aromatic carbocycles. The molecule has 2 aliphatic carbocycles. The second kappa shape index (κ2) is 2.10. The molecule has 2 aliphatic rings. The standard InChI is InChI=1S/C11H14/c1-3-10-7-9-5-6-11(10,4-2)8-9/h3-6,9-10H,1-2,7-8H2. The van der Waals surface area contributed by atoms with Crippen molar-refractivity contribution in [3.05, 3.63) is 37.5 Å². The van der Waals surface area contributed by atoms with Crippen LogP contribution < -0.4 is 0 Å². The molecule has 11 heavy (non-hydrogen) atoms. The summed E-state index contributed by atoms with van der Waals surface area (Å²) in [5.74, 6) is 1.45. The predicted octanol–water partition coefficient (Wildman–Crippen LogP) is 2.94. The molecular formula is C11H14. The Hall–Kier alpha value is -0.780. The summed E-state index contributed by atoms with van der Waals surface area (Å²) >= 11 is 0. The van der Waals surface area contributed by atoms with Gasteiger partial charge in [-0.15, -0.1) is 13.2 Å². The third-order valence-corrected chi connectivity index (χ3v) is 3.21. The second-order valence-corrected chi connectivity index (χ2v) is 3.72. The maximum atomic E-state index is 3.91. The van der Waals surface area contributed by atoms with Crippen molar-refractivity contribution >= 4 is 0 Å². The van der Waals surface area contributed by atoms with Crippen molar-refractivity contribution in [2.45, 2.75) is 12.8 Å². The Kier molecular flexibility index (Phi) is 1.32. The first-order valence-corrected chi connectivity index (χ1v) is 4.26. The highest BCUT2D eigenvalue weighted by Gasteiger charge is 2.44. The number of allylic oxidation sites excluding steroid dienone is 4. The van der Waals surface area contributed by atoms with Crippen LogP contribution in [0.3, 0.4) is 0 Å². The summed E-state index contributed by atoms with van der Waals surface area (Å²) in [5.41, 5.74) is 0.284. The molecule has 0 amide bonds. The van der Waals surface area contributed by atoms with E-state index < -0.39 is 0 Å². The molecule has 0 radical (unpaired) electrons. The normalized spacial score (nSPS) is 46.2. The Labute approximate surface area is 68.3 Å². The lowest BCUT2D eigenvalue weighted by Gasteiger charge is -2.25. The predicted molar refractivity (Wildman–Crippen MR) is 48.2 cm³/mol. The lowest BCUT2D eigenvalue weighted by atomic mass is 9.78. The van der Waals surface area contributed by atoms with E-state index in [2.05, 4.69) is 37.5 Å². The van der Waals surface area contributed by atoms with E-state index in [1.165, 1.54) is 12.8 Å². The third kappa shape index (κ3) is 0.756. The second-order valence-electron chi connectivity index (χ2n) is 3.72. The number of fused-ring (bicyclic) bond motifs is 2. The van der Waals surface area contributed by atoms with Gasteiger partial charge in [-0.2, -0.15) is 0 Å². The fourth-order valence-electron chi connectivity index (χ4n) is 2.51. The monoisotopic (exact) mass is 146 g/mol. The summed E-state index contributed by atoms with van der Waals surface area (Å²) in [5, 5.41) is 0. The topological polar surface area (TPSA) is 0 Å². The van der Waals surface area contributed by atoms with E-state index >= 15 is 0 Å². The molecule has 0 N–H and O–H groups in total. The van der Waals surface area contributed by atoms with Crippen LogP contribution in [-0.2, 0) is 0 Å². The highest BCUT2D eigenvalue weighted by molar-refractivity contribution is 5.27. The van der Waals surface area contributed by atoms with Gasteiger partial charge in [0.15, 0.2) is 0 Å². The van der Waals surface area contributed by atoms with Gasteiger partial charge in [0, 0.05) is 5.41 Å². The molecule has 1 saturated carbocycles. The summed E-state index contributed by atoms with van der Waals surface area (Å²) in [6.07, 6.45) is 11.4. The summed E-state index contributed by atoms with van der Waals surface area (Å²) < 4.78 is 0. The molecule has 0 saturated heterocycles. The molecule has 1 fully saturated rings. The molecule has 0 aliphatic heterocycles. The Morgan fingerprint density at radius 1 is 1.45 bits per heavy atom. The number of hydrogen-bond acceptors (Lipinski definition) is 0. The molecule has 58 valence electrons. The largest absolute Gasteiger partial charge is 0.103 e. The lowest BCUT2D eigenvalue weighted by molar-refractivity contribution is 0.426. The van der Waals surface area contributed by atoms with Crippen LogP contribution in [0.15, 0.2) is 37.5 Å². The molecule has 0 aromatic heterocycles. The van der Waals surface area contributed by atoms with E-state index in [1.54, 1.807) is 0 Å². The lowest BCUT2D eigenvalue weighted by Crippen LogP contribution is -2.17. The van der Waals surface area contributed by atoms with Gasteiger partial charge in [-0.1, -0.05) is 24.3 Å². The first-order valence-electron chi connectivity index (χ1n) is 4.26. The number of rotatable bonds is 2. The SMILES string of the molecule is C=CC1CC2C=CC1(C=C)C2. The zero-order valence-electron chi connectivity index (χ0n) is 6.79. The molecule has 3 unspecified atom stereocenters. The van der Waals surface area contributed by atoms with Crippen LogP contribution in [0.25, 0.3) is 0 Å². The minimum atomic E-state index is 0.284. The van der Waals surface area contributed by atoms with Gasteiger partial charge in [-0.3, -0.25) is 0 Å². The van der Waals surface area contributed by atoms with Crippen molar-refractivity contribution in [2.75, 3.05) is 0 Å². The van der Waals surface area contributed by atoms with Crippen LogP contribution >= 0.6 is 0 Å². The molecule has 0 heteroatoms. The number of hydrogen-bond donors (Lipinski definition) is 0. The molecule has 3 atom stereocenters. The van der Waals surface area contributed by atoms with E-state index in [0.29, 0.717) is 5.92 Å². The van der Waals surface area contributed by atoms with Crippen molar-refractivity contribution < 1.29 is 0 Å². The Morgan fingerprint density at radius 3 is 2.73 bits per heavy atom. The fourth-order valence-corrected chi connectivity index (χ4v) is 2.51. The van der Waals surface area contributed by atoms with Gasteiger partial charge in [0.1, 0.15) is 0 Å². The van der Waals surface area contributed by atoms with Crippen molar-refractivity contribution in [3.63, 3.8) is 0 Å². The maximum absolute atomic E-state index is 3.91. The quantitative estimate of drug-likeness (QED) is 0.525. The summed E-state index contributed by atoms with van der Waals surface area (Å²) in [4.78, 5) is 0. The summed E-state index contributed by atoms with van der Waals surface area (Å²) in [6, 6.07) is 0. The molecule has 2 bridgehead atoms. The van der Waals surface area contributed by atoms with Gasteiger partial charge in [-0.05, 0) is 24.7 Å². The van der Waals surface area contributed by atoms with Crippen LogP contribution in [0, 0.1) is 17.3 Å². The fraction of sp³-hybridized carbons (Fsp3) is 0.455. The Bertz CT molecular complexity index is 224. The van der Waals surface area contributed by atoms with Crippen LogP contribution in [0.4, 0.5) is 0 Å². The molecule has 0 aromatic rings. The minimum Gasteiger partial charge on any atom is -0.103 e. The maximum Gasteiger partial charge on any atom is 0.0127 e. The van der Waals surface area contributed by atoms with E-state index in [0.717, 1.165) is 5.92 Å². The molecular weight excluding hydrogens is 132 g/mol. The molecule has 0 heterocycles. The summed E-state index contributed by atoms with van der Waals surface area (Å²) in [6.45, 7) is 7.78. The zero-order valence-corrected chi connectivity index (χ0v) is 6.79. The van der Waals surface area contributed by atoms with Crippen LogP contribution in [-0.4, -0.2) is 0 Å². The smallest absolute Gasteiger partial charge is 0.0127 e. The van der Waals surface area contributed by atoms with E-state index in [4.69, 9.17) is 0 Å². The van der Waals surface area contributed by atoms with Crippen molar-refractivity contribution in [2.24, 2.45) is 17.3 Å². The molecule has 2 rings (SSSR count). The van der Waals surface area contributed by atoms with Crippen LogP contribution in [0.2, 0.25) is 0 Å². The van der Waals surface area contributed by atoms with Crippen molar-refractivity contribution in [3.8, 4) is 0 Å². The van der Waals surface area contributed by atoms with Gasteiger partial charge in [0.05, 0.1) is 0 Å². The first-order chi connectivity index (χ1) is 5.30. The average Bonchev–Trinajstić information content (AvgIpc) is 2.60. The van der Waals surface area contributed by atoms with Gasteiger partial charge >= 0.3 is 0 Å². The minimum absolute atomic E-state index is 0.284. The van der Waals surface area contributed by atoms with E-state index in [9.17, 15) is 0 Å². The van der Waals surface area contributed by atoms with Crippen LogP contribution in [0.5, 0.6) is 0 Å². The highest BCUT2D eigenvalue weighted by Crippen LogP contribution is 2.54. The summed E-state index contributed by atoms with van der Waals surface area (Å²) in [7, 11) is 0. The Morgan fingerprint density at radius 2 is 2.27 bits per heavy atom.